The SMILES string of the molecule is CN(Cc1ccccc1)C(=O)c1c(O)c(C(=O)NCC(=O)O)c(=O)n(Cc2ccccc2Cl)c1O. The van der Waals surface area contributed by atoms with Gasteiger partial charge in [-0.15, -0.1) is 0 Å². The summed E-state index contributed by atoms with van der Waals surface area (Å²) in [6, 6.07) is 15.3. The number of halogens is 1. The molecule has 0 radical (unpaired) electrons. The highest BCUT2D eigenvalue weighted by atomic mass is 35.5. The van der Waals surface area contributed by atoms with Crippen molar-refractivity contribution >= 4 is 29.4 Å². The predicted molar refractivity (Wildman–Crippen MR) is 127 cm³/mol. The third-order valence-corrected chi connectivity index (χ3v) is 5.52. The Labute approximate surface area is 204 Å². The minimum Gasteiger partial charge on any atom is -0.506 e. The number of rotatable bonds is 8. The monoisotopic (exact) mass is 499 g/mol. The molecule has 11 heteroatoms. The molecular formula is C24H22ClN3O7. The van der Waals surface area contributed by atoms with E-state index in [-0.39, 0.29) is 18.1 Å². The number of aromatic nitrogens is 1. The van der Waals surface area contributed by atoms with Crippen LogP contribution in [-0.4, -0.2) is 56.2 Å². The number of amides is 2. The molecule has 3 aromatic rings. The molecule has 0 fully saturated rings. The van der Waals surface area contributed by atoms with Gasteiger partial charge in [0.15, 0.2) is 5.75 Å². The molecule has 1 heterocycles. The maximum Gasteiger partial charge on any atom is 0.322 e. The lowest BCUT2D eigenvalue weighted by atomic mass is 10.1. The number of pyridine rings is 1. The number of carbonyl (C=O) groups is 3. The van der Waals surface area contributed by atoms with Crippen molar-refractivity contribution in [2.45, 2.75) is 13.1 Å². The number of aromatic hydroxyl groups is 2. The zero-order valence-electron chi connectivity index (χ0n) is 18.6. The van der Waals surface area contributed by atoms with Crippen molar-refractivity contribution < 1.29 is 29.7 Å². The Balaban J connectivity index is 2.14. The summed E-state index contributed by atoms with van der Waals surface area (Å²) in [5.74, 6) is -5.40. The molecule has 0 bridgehead atoms. The van der Waals surface area contributed by atoms with Gasteiger partial charge in [0.2, 0.25) is 5.88 Å². The Bertz CT molecular complexity index is 1340. The number of benzene rings is 2. The van der Waals surface area contributed by atoms with E-state index in [9.17, 15) is 29.4 Å². The minimum atomic E-state index is -1.38. The van der Waals surface area contributed by atoms with E-state index in [4.69, 9.17) is 16.7 Å². The smallest absolute Gasteiger partial charge is 0.322 e. The second-order valence-corrected chi connectivity index (χ2v) is 8.04. The molecule has 0 saturated heterocycles. The van der Waals surface area contributed by atoms with Gasteiger partial charge in [0, 0.05) is 18.6 Å². The van der Waals surface area contributed by atoms with Crippen molar-refractivity contribution in [2.75, 3.05) is 13.6 Å². The van der Waals surface area contributed by atoms with Gasteiger partial charge >= 0.3 is 5.97 Å². The Morgan fingerprint density at radius 2 is 1.63 bits per heavy atom. The van der Waals surface area contributed by atoms with Gasteiger partial charge in [-0.1, -0.05) is 60.1 Å². The van der Waals surface area contributed by atoms with Crippen LogP contribution in [0.3, 0.4) is 0 Å². The van der Waals surface area contributed by atoms with E-state index < -0.39 is 52.6 Å². The van der Waals surface area contributed by atoms with Crippen molar-refractivity contribution in [2.24, 2.45) is 0 Å². The predicted octanol–water partition coefficient (Wildman–Crippen LogP) is 2.05. The topological polar surface area (TPSA) is 149 Å². The molecule has 0 atom stereocenters. The third kappa shape index (κ3) is 5.61. The summed E-state index contributed by atoms with van der Waals surface area (Å²) in [5, 5.41) is 32.8. The fourth-order valence-corrected chi connectivity index (χ4v) is 3.60. The van der Waals surface area contributed by atoms with Gasteiger partial charge in [0.1, 0.15) is 17.7 Å². The first-order valence-electron chi connectivity index (χ1n) is 10.3. The van der Waals surface area contributed by atoms with E-state index >= 15 is 0 Å². The lowest BCUT2D eigenvalue weighted by Crippen LogP contribution is -2.37. The van der Waals surface area contributed by atoms with Crippen LogP contribution in [0.2, 0.25) is 5.02 Å². The summed E-state index contributed by atoms with van der Waals surface area (Å²) in [6.45, 7) is -1.06. The van der Waals surface area contributed by atoms with Gasteiger partial charge in [0.25, 0.3) is 17.4 Å². The molecule has 0 saturated carbocycles. The van der Waals surface area contributed by atoms with Crippen LogP contribution in [0.5, 0.6) is 11.6 Å². The lowest BCUT2D eigenvalue weighted by molar-refractivity contribution is -0.135. The summed E-state index contributed by atoms with van der Waals surface area (Å²) in [7, 11) is 1.42. The standard InChI is InChI=1S/C24H22ClN3O7/c1-27(12-14-7-3-2-4-8-14)22(33)19-20(31)18(21(32)26-11-17(29)30)23(34)28(24(19)35)13-15-9-5-6-10-16(15)25/h2-10,31,35H,11-13H2,1H3,(H,26,32)(H,29,30). The highest BCUT2D eigenvalue weighted by Crippen LogP contribution is 2.31. The highest BCUT2D eigenvalue weighted by Gasteiger charge is 2.31. The van der Waals surface area contributed by atoms with Crippen LogP contribution < -0.4 is 10.9 Å². The molecule has 0 aliphatic heterocycles. The summed E-state index contributed by atoms with van der Waals surface area (Å²) in [5.41, 5.74) is -1.55. The Morgan fingerprint density at radius 1 is 1.00 bits per heavy atom. The molecule has 0 aliphatic carbocycles. The van der Waals surface area contributed by atoms with E-state index in [2.05, 4.69) is 0 Å². The van der Waals surface area contributed by atoms with Gasteiger partial charge in [-0.2, -0.15) is 0 Å². The van der Waals surface area contributed by atoms with E-state index in [1.807, 2.05) is 5.32 Å². The number of nitrogens with zero attached hydrogens (tertiary/aromatic N) is 2. The van der Waals surface area contributed by atoms with Crippen LogP contribution in [0.15, 0.2) is 59.4 Å². The van der Waals surface area contributed by atoms with E-state index in [0.29, 0.717) is 5.56 Å². The van der Waals surface area contributed by atoms with E-state index in [0.717, 1.165) is 10.1 Å². The van der Waals surface area contributed by atoms with Gasteiger partial charge < -0.3 is 25.5 Å². The number of aliphatic carboxylic acids is 1. The number of nitrogens with one attached hydrogen (secondary N) is 1. The Hall–Kier alpha value is -4.31. The fraction of sp³-hybridized carbons (Fsp3) is 0.167. The number of hydrogen-bond donors (Lipinski definition) is 4. The van der Waals surface area contributed by atoms with Crippen LogP contribution in [0, 0.1) is 0 Å². The number of carboxylic acids is 1. The molecule has 2 aromatic carbocycles. The quantitative estimate of drug-likeness (QED) is 0.370. The van der Waals surface area contributed by atoms with Gasteiger partial charge in [0.05, 0.1) is 6.54 Å². The first kappa shape index (κ1) is 25.3. The third-order valence-electron chi connectivity index (χ3n) is 5.15. The summed E-state index contributed by atoms with van der Waals surface area (Å²) < 4.78 is 0.722. The normalized spacial score (nSPS) is 10.6. The van der Waals surface area contributed by atoms with Crippen LogP contribution in [-0.2, 0) is 17.9 Å². The van der Waals surface area contributed by atoms with Crippen molar-refractivity contribution in [1.29, 1.82) is 0 Å². The molecule has 3 rings (SSSR count). The van der Waals surface area contributed by atoms with Crippen molar-refractivity contribution in [3.8, 4) is 11.6 Å². The first-order valence-corrected chi connectivity index (χ1v) is 10.7. The summed E-state index contributed by atoms with van der Waals surface area (Å²) >= 11 is 6.17. The average molecular weight is 500 g/mol. The second-order valence-electron chi connectivity index (χ2n) is 7.63. The molecule has 0 spiro atoms. The van der Waals surface area contributed by atoms with E-state index in [1.165, 1.54) is 11.9 Å². The molecular weight excluding hydrogens is 478 g/mol. The zero-order valence-corrected chi connectivity index (χ0v) is 19.3. The van der Waals surface area contributed by atoms with Gasteiger partial charge in [-0.25, -0.2) is 0 Å². The lowest BCUT2D eigenvalue weighted by Gasteiger charge is -2.21. The summed E-state index contributed by atoms with van der Waals surface area (Å²) in [6.07, 6.45) is 0. The van der Waals surface area contributed by atoms with Crippen LogP contribution >= 0.6 is 11.6 Å². The van der Waals surface area contributed by atoms with Gasteiger partial charge in [-0.3, -0.25) is 23.7 Å². The maximum atomic E-state index is 13.3. The van der Waals surface area contributed by atoms with Crippen LogP contribution in [0.4, 0.5) is 0 Å². The summed E-state index contributed by atoms with van der Waals surface area (Å²) in [4.78, 5) is 51.1. The van der Waals surface area contributed by atoms with Crippen LogP contribution in [0.25, 0.3) is 0 Å². The maximum absolute atomic E-state index is 13.3. The highest BCUT2D eigenvalue weighted by molar-refractivity contribution is 6.31. The number of hydrogen-bond acceptors (Lipinski definition) is 6. The Kier molecular flexibility index (Phi) is 7.77. The Morgan fingerprint density at radius 3 is 2.26 bits per heavy atom. The molecule has 0 aliphatic rings. The van der Waals surface area contributed by atoms with Crippen molar-refractivity contribution in [3.63, 3.8) is 0 Å². The minimum absolute atomic E-state index is 0.0999. The first-order chi connectivity index (χ1) is 16.6. The molecule has 0 unspecified atom stereocenters. The molecule has 35 heavy (non-hydrogen) atoms. The van der Waals surface area contributed by atoms with Crippen molar-refractivity contribution in [3.05, 3.63) is 92.2 Å². The average Bonchev–Trinajstić information content (AvgIpc) is 2.82. The molecule has 182 valence electrons. The molecule has 1 aromatic heterocycles. The molecule has 4 N–H and O–H groups in total. The number of carbonyl (C=O) groups excluding carboxylic acids is 2. The van der Waals surface area contributed by atoms with Crippen molar-refractivity contribution in [1.82, 2.24) is 14.8 Å². The van der Waals surface area contributed by atoms with Gasteiger partial charge in [-0.05, 0) is 17.2 Å². The van der Waals surface area contributed by atoms with E-state index in [1.54, 1.807) is 54.6 Å². The number of carboxylic acid groups (broad SMARTS) is 1. The fourth-order valence-electron chi connectivity index (χ4n) is 3.41. The largest absolute Gasteiger partial charge is 0.506 e. The van der Waals surface area contributed by atoms with Crippen LogP contribution in [0.1, 0.15) is 31.8 Å². The molecule has 10 nitrogen and oxygen atoms in total. The zero-order chi connectivity index (χ0) is 25.7. The second kappa shape index (κ2) is 10.7. The molecule has 2 amide bonds.